The maximum atomic E-state index is 6.51. The van der Waals surface area contributed by atoms with Crippen LogP contribution in [0.15, 0.2) is 85.1 Å². The number of rotatable bonds is 8. The molecule has 0 bridgehead atoms. The number of hydrogen-bond donors (Lipinski definition) is 0. The molecule has 0 aliphatic rings. The van der Waals surface area contributed by atoms with Gasteiger partial charge in [0.25, 0.3) is 0 Å². The molecule has 3 aromatic heterocycles. The molecule has 0 aliphatic heterocycles. The summed E-state index contributed by atoms with van der Waals surface area (Å²) in [6.07, 6.45) is 3.43. The Morgan fingerprint density at radius 2 is 1.55 bits per heavy atom. The van der Waals surface area contributed by atoms with Crippen LogP contribution < -0.4 is 9.47 Å². The van der Waals surface area contributed by atoms with E-state index in [1.54, 1.807) is 13.3 Å². The van der Waals surface area contributed by atoms with E-state index >= 15 is 0 Å². The van der Waals surface area contributed by atoms with Gasteiger partial charge in [-0.05, 0) is 66.6 Å². The molecule has 0 amide bonds. The van der Waals surface area contributed by atoms with Crippen LogP contribution in [0.25, 0.3) is 44.4 Å². The van der Waals surface area contributed by atoms with E-state index in [-0.39, 0.29) is 20.4 Å². The smallest absolute Gasteiger partial charge is 0.509 e. The Balaban J connectivity index is 0.00000386. The third-order valence-electron chi connectivity index (χ3n) is 8.62. The molecule has 0 saturated heterocycles. The van der Waals surface area contributed by atoms with Crippen LogP contribution in [0.4, 0.5) is 0 Å². The molecule has 3 heterocycles. The van der Waals surface area contributed by atoms with E-state index in [0.29, 0.717) is 11.5 Å². The molecule has 7 heteroatoms. The predicted molar refractivity (Wildman–Crippen MR) is 185 cm³/mol. The van der Waals surface area contributed by atoms with Crippen molar-refractivity contribution in [3.8, 4) is 39.9 Å². The zero-order chi connectivity index (χ0) is 31.9. The van der Waals surface area contributed by atoms with Gasteiger partial charge in [0.2, 0.25) is 0 Å². The SMILES string of the molecule is CCc1nn(-c2[c-]c(Oc3[c-]c4c(cc3)c3ccccc3n4-c3cc(OC)ccn3)cc(C)c2)c(CC)c1-c1c(C)cccc1C.[Pd+2]. The second-order valence-electron chi connectivity index (χ2n) is 11.7. The third-order valence-corrected chi connectivity index (χ3v) is 8.62. The largest absolute Gasteiger partial charge is 2.00 e. The summed E-state index contributed by atoms with van der Waals surface area (Å²) in [7, 11) is 1.66. The topological polar surface area (TPSA) is 54.1 Å². The second kappa shape index (κ2) is 13.2. The molecule has 7 aromatic rings. The molecule has 47 heavy (non-hydrogen) atoms. The minimum atomic E-state index is 0. The Hall–Kier alpha value is -4.70. The van der Waals surface area contributed by atoms with Gasteiger partial charge in [0.05, 0.1) is 12.8 Å². The minimum Gasteiger partial charge on any atom is -0.509 e. The average molecular weight is 711 g/mol. The van der Waals surface area contributed by atoms with Crippen LogP contribution in [0.2, 0.25) is 0 Å². The quantitative estimate of drug-likeness (QED) is 0.117. The molecule has 0 saturated carbocycles. The van der Waals surface area contributed by atoms with Gasteiger partial charge < -0.3 is 14.0 Å². The Morgan fingerprint density at radius 1 is 0.766 bits per heavy atom. The van der Waals surface area contributed by atoms with Gasteiger partial charge in [-0.2, -0.15) is 16.7 Å². The van der Waals surface area contributed by atoms with Crippen LogP contribution in [0.5, 0.6) is 17.2 Å². The van der Waals surface area contributed by atoms with Gasteiger partial charge in [-0.15, -0.1) is 35.7 Å². The molecule has 238 valence electrons. The molecule has 0 radical (unpaired) electrons. The first-order chi connectivity index (χ1) is 22.4. The number of aromatic nitrogens is 4. The van der Waals surface area contributed by atoms with E-state index < -0.39 is 0 Å². The summed E-state index contributed by atoms with van der Waals surface area (Å²) in [4.78, 5) is 4.67. The van der Waals surface area contributed by atoms with Crippen LogP contribution in [0.1, 0.15) is 41.9 Å². The Morgan fingerprint density at radius 3 is 2.30 bits per heavy atom. The fourth-order valence-corrected chi connectivity index (χ4v) is 6.54. The number of pyridine rings is 1. The van der Waals surface area contributed by atoms with Crippen molar-refractivity contribution < 1.29 is 29.9 Å². The number of nitrogens with zero attached hydrogens (tertiary/aromatic N) is 4. The zero-order valence-corrected chi connectivity index (χ0v) is 29.0. The Kier molecular flexibility index (Phi) is 9.05. The van der Waals surface area contributed by atoms with Gasteiger partial charge >= 0.3 is 20.4 Å². The van der Waals surface area contributed by atoms with Gasteiger partial charge in [-0.25, -0.2) is 4.98 Å². The van der Waals surface area contributed by atoms with Crippen LogP contribution in [-0.4, -0.2) is 26.4 Å². The van der Waals surface area contributed by atoms with Crippen molar-refractivity contribution in [2.45, 2.75) is 47.5 Å². The van der Waals surface area contributed by atoms with E-state index in [1.807, 2.05) is 36.4 Å². The summed E-state index contributed by atoms with van der Waals surface area (Å²) in [6, 6.07) is 33.8. The van der Waals surface area contributed by atoms with Gasteiger partial charge in [0, 0.05) is 40.5 Å². The normalized spacial score (nSPS) is 11.2. The molecule has 0 aliphatic carbocycles. The minimum absolute atomic E-state index is 0. The number of fused-ring (bicyclic) bond motifs is 3. The number of aryl methyl sites for hydroxylation is 4. The number of para-hydroxylation sites is 1. The zero-order valence-electron chi connectivity index (χ0n) is 27.4. The van der Waals surface area contributed by atoms with Crippen molar-refractivity contribution in [3.05, 3.63) is 125 Å². The molecule has 0 atom stereocenters. The number of hydrogen-bond acceptors (Lipinski definition) is 4. The predicted octanol–water partition coefficient (Wildman–Crippen LogP) is 9.48. The fourth-order valence-electron chi connectivity index (χ4n) is 6.54. The summed E-state index contributed by atoms with van der Waals surface area (Å²) in [6.45, 7) is 10.8. The molecule has 0 N–H and O–H groups in total. The molecule has 4 aromatic carbocycles. The molecule has 0 unspecified atom stereocenters. The summed E-state index contributed by atoms with van der Waals surface area (Å²) in [5.41, 5.74) is 11.1. The first-order valence-electron chi connectivity index (χ1n) is 15.8. The summed E-state index contributed by atoms with van der Waals surface area (Å²) in [5, 5.41) is 7.33. The van der Waals surface area contributed by atoms with E-state index in [1.165, 1.54) is 27.9 Å². The Labute approximate surface area is 289 Å². The second-order valence-corrected chi connectivity index (χ2v) is 11.7. The first-order valence-corrected chi connectivity index (χ1v) is 15.8. The van der Waals surface area contributed by atoms with E-state index in [4.69, 9.17) is 14.6 Å². The van der Waals surface area contributed by atoms with Crippen LogP contribution >= 0.6 is 0 Å². The molecular weight excluding hydrogens is 675 g/mol. The average Bonchev–Trinajstić information content (AvgIpc) is 3.59. The maximum Gasteiger partial charge on any atom is 2.00 e. The molecule has 0 fully saturated rings. The van der Waals surface area contributed by atoms with Gasteiger partial charge in [0.15, 0.2) is 0 Å². The molecule has 0 spiro atoms. The Bertz CT molecular complexity index is 2230. The summed E-state index contributed by atoms with van der Waals surface area (Å²) >= 11 is 0. The van der Waals surface area contributed by atoms with Crippen molar-refractivity contribution in [2.24, 2.45) is 0 Å². The van der Waals surface area contributed by atoms with Crippen LogP contribution in [-0.2, 0) is 33.3 Å². The van der Waals surface area contributed by atoms with Crippen molar-refractivity contribution in [3.63, 3.8) is 0 Å². The molecular formula is C40H36N4O2Pd. The third kappa shape index (κ3) is 5.75. The van der Waals surface area contributed by atoms with Gasteiger partial charge in [-0.1, -0.05) is 62.7 Å². The number of benzene rings is 4. The first kappa shape index (κ1) is 32.3. The van der Waals surface area contributed by atoms with Crippen molar-refractivity contribution in [1.29, 1.82) is 0 Å². The molecule has 6 nitrogen and oxygen atoms in total. The van der Waals surface area contributed by atoms with Crippen molar-refractivity contribution >= 4 is 21.8 Å². The fraction of sp³-hybridized carbons (Fsp3) is 0.200. The van der Waals surface area contributed by atoms with E-state index in [0.717, 1.165) is 63.2 Å². The van der Waals surface area contributed by atoms with E-state index in [2.05, 4.69) is 103 Å². The van der Waals surface area contributed by atoms with Crippen molar-refractivity contribution in [2.75, 3.05) is 7.11 Å². The maximum absolute atomic E-state index is 6.51. The van der Waals surface area contributed by atoms with Gasteiger partial charge in [-0.3, -0.25) is 4.68 Å². The number of methoxy groups -OCH3 is 1. The number of ether oxygens (including phenoxy) is 2. The monoisotopic (exact) mass is 710 g/mol. The summed E-state index contributed by atoms with van der Waals surface area (Å²) < 4.78 is 16.2. The van der Waals surface area contributed by atoms with Crippen LogP contribution in [0.3, 0.4) is 0 Å². The van der Waals surface area contributed by atoms with Crippen LogP contribution in [0, 0.1) is 32.9 Å². The van der Waals surface area contributed by atoms with Crippen molar-refractivity contribution in [1.82, 2.24) is 19.3 Å². The summed E-state index contributed by atoms with van der Waals surface area (Å²) in [5.74, 6) is 2.69. The standard InChI is InChI=1S/C40H36N4O2.Pd/c1-7-34-40(39-26(4)12-11-13-27(39)5)35(8-2)44(42-34)28-20-25(3)21-31(22-28)46-30-16-17-33-32-14-9-10-15-36(32)43(37(33)23-30)38-24-29(45-6)18-19-41-38;/h9-21,24H,7-8H2,1-6H3;/q-2;+2. The molecule has 7 rings (SSSR count). The van der Waals surface area contributed by atoms with E-state index in [9.17, 15) is 0 Å². The van der Waals surface area contributed by atoms with Gasteiger partial charge in [0.1, 0.15) is 11.6 Å².